The number of allylic oxidation sites excluding steroid dienone is 28. The molecule has 2 nitrogen and oxygen atoms in total. The zero-order valence-electron chi connectivity index (χ0n) is 27.1. The SMILES string of the molecule is CC1=CC(=O)C(C)=C(C)\C1=C/C=C(C)/C=C/C=C(C)/C=C/C=C/C(C)=C/C=C/C(C)=C/C=C1/C(C)=CC(=O)C(C)=C1C. The van der Waals surface area contributed by atoms with E-state index < -0.39 is 0 Å². The van der Waals surface area contributed by atoms with Crippen molar-refractivity contribution in [1.82, 2.24) is 0 Å². The van der Waals surface area contributed by atoms with Gasteiger partial charge in [-0.1, -0.05) is 107 Å². The lowest BCUT2D eigenvalue weighted by atomic mass is 9.88. The van der Waals surface area contributed by atoms with Crippen LogP contribution in [-0.2, 0) is 9.59 Å². The number of hydrogen-bond donors (Lipinski definition) is 0. The zero-order chi connectivity index (χ0) is 31.4. The van der Waals surface area contributed by atoms with E-state index in [1.165, 1.54) is 0 Å². The predicted molar refractivity (Wildman–Crippen MR) is 182 cm³/mol. The normalized spacial score (nSPS) is 20.6. The fourth-order valence-corrected chi connectivity index (χ4v) is 4.41. The Balaban J connectivity index is 1.93. The summed E-state index contributed by atoms with van der Waals surface area (Å²) in [7, 11) is 0. The van der Waals surface area contributed by atoms with Crippen LogP contribution in [0, 0.1) is 0 Å². The van der Waals surface area contributed by atoms with Crippen molar-refractivity contribution in [3.63, 3.8) is 0 Å². The molecule has 0 aliphatic heterocycles. The lowest BCUT2D eigenvalue weighted by Gasteiger charge is -2.16. The molecule has 42 heavy (non-hydrogen) atoms. The third kappa shape index (κ3) is 10.3. The van der Waals surface area contributed by atoms with Gasteiger partial charge in [-0.15, -0.1) is 0 Å². The van der Waals surface area contributed by atoms with Crippen LogP contribution < -0.4 is 0 Å². The second-order valence-corrected chi connectivity index (χ2v) is 11.1. The molecule has 0 heterocycles. The van der Waals surface area contributed by atoms with Crippen LogP contribution >= 0.6 is 0 Å². The maximum absolute atomic E-state index is 12.0. The van der Waals surface area contributed by atoms with Crippen molar-refractivity contribution < 1.29 is 9.59 Å². The maximum atomic E-state index is 12.0. The summed E-state index contributed by atoms with van der Waals surface area (Å²) in [5.41, 5.74) is 12.6. The Labute approximate surface area is 254 Å². The first-order chi connectivity index (χ1) is 19.8. The van der Waals surface area contributed by atoms with Gasteiger partial charge in [-0.25, -0.2) is 0 Å². The topological polar surface area (TPSA) is 34.1 Å². The molecule has 2 aliphatic carbocycles. The first-order valence-electron chi connectivity index (χ1n) is 14.4. The molecule has 0 amide bonds. The van der Waals surface area contributed by atoms with E-state index >= 15 is 0 Å². The molecule has 0 aromatic heterocycles. The first-order valence-corrected chi connectivity index (χ1v) is 14.4. The zero-order valence-corrected chi connectivity index (χ0v) is 27.1. The summed E-state index contributed by atoms with van der Waals surface area (Å²) in [5.74, 6) is 0.210. The molecule has 2 rings (SSSR count). The van der Waals surface area contributed by atoms with Gasteiger partial charge in [-0.05, 0) is 126 Å². The van der Waals surface area contributed by atoms with E-state index in [0.29, 0.717) is 0 Å². The van der Waals surface area contributed by atoms with E-state index in [1.807, 2.05) is 53.7 Å². The molecule has 0 spiro atoms. The average molecular weight is 559 g/mol. The predicted octanol–water partition coefficient (Wildman–Crippen LogP) is 10.6. The van der Waals surface area contributed by atoms with Crippen molar-refractivity contribution >= 4 is 11.6 Å². The Bertz CT molecular complexity index is 1430. The fourth-order valence-electron chi connectivity index (χ4n) is 4.41. The van der Waals surface area contributed by atoms with Gasteiger partial charge in [0.25, 0.3) is 0 Å². The second kappa shape index (κ2) is 16.2. The van der Waals surface area contributed by atoms with E-state index in [2.05, 4.69) is 101 Å². The van der Waals surface area contributed by atoms with Crippen molar-refractivity contribution in [2.45, 2.75) is 69.2 Å². The van der Waals surface area contributed by atoms with Crippen molar-refractivity contribution in [3.05, 3.63) is 164 Å². The highest BCUT2D eigenvalue weighted by molar-refractivity contribution is 6.08. The molecule has 0 N–H and O–H groups in total. The summed E-state index contributed by atoms with van der Waals surface area (Å²) in [6, 6.07) is 0. The summed E-state index contributed by atoms with van der Waals surface area (Å²) in [6.45, 7) is 20.1. The largest absolute Gasteiger partial charge is 0.290 e. The molecular formula is C40H46O2. The van der Waals surface area contributed by atoms with Gasteiger partial charge in [0.15, 0.2) is 11.6 Å². The molecule has 0 unspecified atom stereocenters. The molecule has 0 bridgehead atoms. The van der Waals surface area contributed by atoms with Gasteiger partial charge in [0.05, 0.1) is 0 Å². The van der Waals surface area contributed by atoms with E-state index in [0.717, 1.165) is 66.9 Å². The maximum Gasteiger partial charge on any atom is 0.182 e. The van der Waals surface area contributed by atoms with Gasteiger partial charge in [-0.3, -0.25) is 9.59 Å². The summed E-state index contributed by atoms with van der Waals surface area (Å²) in [6.07, 6.45) is 32.5. The highest BCUT2D eigenvalue weighted by atomic mass is 16.1. The molecule has 0 radical (unpaired) electrons. The van der Waals surface area contributed by atoms with Crippen LogP contribution in [0.4, 0.5) is 0 Å². The molecule has 2 heteroatoms. The monoisotopic (exact) mass is 558 g/mol. The molecule has 0 saturated carbocycles. The Morgan fingerprint density at radius 1 is 0.452 bits per heavy atom. The van der Waals surface area contributed by atoms with Crippen molar-refractivity contribution in [2.75, 3.05) is 0 Å². The standard InChI is InChI=1S/C40H46O2/c1-27(17-13-19-29(3)21-23-37-31(5)25-39(41)35(9)33(37)7)15-11-12-16-28(2)18-14-20-30(4)22-24-38-32(6)26-40(42)36(10)34(38)8/h11-26H,1-10H3/b15-11+,16-12+,19-13+,20-14+,27-17+,28-18+,29-21+,30-22+,37-23-,38-24-. The second-order valence-electron chi connectivity index (χ2n) is 11.1. The number of carbonyl (C=O) groups excluding carboxylic acids is 2. The first kappa shape index (κ1) is 33.9. The van der Waals surface area contributed by atoms with Crippen LogP contribution in [0.15, 0.2) is 164 Å². The molecule has 2 aliphatic rings. The summed E-state index contributed by atoms with van der Waals surface area (Å²) in [5, 5.41) is 0. The minimum absolute atomic E-state index is 0.105. The van der Waals surface area contributed by atoms with E-state index in [1.54, 1.807) is 12.2 Å². The van der Waals surface area contributed by atoms with Crippen molar-refractivity contribution in [3.8, 4) is 0 Å². The Morgan fingerprint density at radius 3 is 1.12 bits per heavy atom. The third-order valence-corrected chi connectivity index (χ3v) is 7.51. The minimum atomic E-state index is 0.105. The fraction of sp³-hybridized carbons (Fsp3) is 0.250. The van der Waals surface area contributed by atoms with Crippen LogP contribution in [0.2, 0.25) is 0 Å². The average Bonchev–Trinajstić information content (AvgIpc) is 2.92. The van der Waals surface area contributed by atoms with Crippen molar-refractivity contribution in [2.24, 2.45) is 0 Å². The highest BCUT2D eigenvalue weighted by Crippen LogP contribution is 2.28. The third-order valence-electron chi connectivity index (χ3n) is 7.51. The molecule has 0 atom stereocenters. The quantitative estimate of drug-likeness (QED) is 0.264. The highest BCUT2D eigenvalue weighted by Gasteiger charge is 2.17. The molecule has 0 aromatic carbocycles. The molecule has 218 valence electrons. The van der Waals surface area contributed by atoms with Gasteiger partial charge in [0.1, 0.15) is 0 Å². The lowest BCUT2D eigenvalue weighted by molar-refractivity contribution is -0.112. The van der Waals surface area contributed by atoms with Gasteiger partial charge < -0.3 is 0 Å². The van der Waals surface area contributed by atoms with Crippen LogP contribution in [0.5, 0.6) is 0 Å². The van der Waals surface area contributed by atoms with Gasteiger partial charge in [-0.2, -0.15) is 0 Å². The Kier molecular flexibility index (Phi) is 13.1. The molecular weight excluding hydrogens is 512 g/mol. The molecule has 0 aromatic rings. The Hall–Kier alpha value is -4.30. The summed E-state index contributed by atoms with van der Waals surface area (Å²) >= 11 is 0. The van der Waals surface area contributed by atoms with E-state index in [4.69, 9.17) is 0 Å². The van der Waals surface area contributed by atoms with Crippen LogP contribution in [0.3, 0.4) is 0 Å². The van der Waals surface area contributed by atoms with Gasteiger partial charge >= 0.3 is 0 Å². The Morgan fingerprint density at radius 2 is 0.762 bits per heavy atom. The smallest absolute Gasteiger partial charge is 0.182 e. The number of carbonyl (C=O) groups is 2. The molecule has 0 fully saturated rings. The van der Waals surface area contributed by atoms with Crippen LogP contribution in [0.25, 0.3) is 0 Å². The molecule has 0 saturated heterocycles. The van der Waals surface area contributed by atoms with Crippen molar-refractivity contribution in [1.29, 1.82) is 0 Å². The number of ketones is 2. The van der Waals surface area contributed by atoms with Crippen LogP contribution in [0.1, 0.15) is 69.2 Å². The van der Waals surface area contributed by atoms with Gasteiger partial charge in [0.2, 0.25) is 0 Å². The lowest BCUT2D eigenvalue weighted by Crippen LogP contribution is -2.07. The number of hydrogen-bond acceptors (Lipinski definition) is 2. The summed E-state index contributed by atoms with van der Waals surface area (Å²) in [4.78, 5) is 23.9. The number of rotatable bonds is 9. The summed E-state index contributed by atoms with van der Waals surface area (Å²) < 4.78 is 0. The van der Waals surface area contributed by atoms with Gasteiger partial charge in [0, 0.05) is 0 Å². The minimum Gasteiger partial charge on any atom is -0.290 e. The van der Waals surface area contributed by atoms with E-state index in [-0.39, 0.29) is 11.6 Å². The van der Waals surface area contributed by atoms with Crippen LogP contribution in [-0.4, -0.2) is 11.6 Å². The van der Waals surface area contributed by atoms with E-state index in [9.17, 15) is 9.59 Å².